The first-order chi connectivity index (χ1) is 16.3. The Balaban J connectivity index is 1.35. The van der Waals surface area contributed by atoms with Gasteiger partial charge in [0.15, 0.2) is 17.5 Å². The summed E-state index contributed by atoms with van der Waals surface area (Å²) in [6, 6.07) is 18.7. The number of anilines is 1. The molecule has 3 aromatic rings. The maximum atomic E-state index is 12.2. The van der Waals surface area contributed by atoms with E-state index in [9.17, 15) is 4.79 Å². The van der Waals surface area contributed by atoms with Gasteiger partial charge in [-0.3, -0.25) is 9.79 Å². The molecule has 1 amide bonds. The van der Waals surface area contributed by atoms with Crippen LogP contribution in [0.1, 0.15) is 22.5 Å². The second-order valence-electron chi connectivity index (χ2n) is 7.45. The zero-order valence-corrected chi connectivity index (χ0v) is 18.4. The number of hydrogen-bond acceptors (Lipinski definition) is 5. The summed E-state index contributed by atoms with van der Waals surface area (Å²) >= 11 is 0. The van der Waals surface area contributed by atoms with Gasteiger partial charge in [0, 0.05) is 49.8 Å². The lowest BCUT2D eigenvalue weighted by atomic mass is 10.2. The number of carbonyl (C=O) groups is 1. The second kappa shape index (κ2) is 11.6. The number of nitrogens with zero attached hydrogens (tertiary/aromatic N) is 1. The highest BCUT2D eigenvalue weighted by Gasteiger charge is 2.12. The van der Waals surface area contributed by atoms with Crippen molar-refractivity contribution in [2.45, 2.75) is 12.8 Å². The Labute approximate surface area is 193 Å². The third-order valence-corrected chi connectivity index (χ3v) is 4.96. The van der Waals surface area contributed by atoms with Gasteiger partial charge in [0.05, 0.1) is 19.5 Å². The molecule has 3 N–H and O–H groups in total. The van der Waals surface area contributed by atoms with Gasteiger partial charge >= 0.3 is 0 Å². The molecule has 1 aliphatic rings. The summed E-state index contributed by atoms with van der Waals surface area (Å²) in [6.07, 6.45) is 3.20. The first-order valence-electron chi connectivity index (χ1n) is 11.1. The predicted octanol–water partition coefficient (Wildman–Crippen LogP) is 3.47. The van der Waals surface area contributed by atoms with Crippen molar-refractivity contribution in [2.24, 2.45) is 4.99 Å². The van der Waals surface area contributed by atoms with E-state index in [1.165, 1.54) is 0 Å². The number of aliphatic imine (C=N–C) groups is 1. The molecule has 1 aliphatic heterocycles. The summed E-state index contributed by atoms with van der Waals surface area (Å²) in [5.74, 6) is 2.83. The first kappa shape index (κ1) is 22.3. The molecule has 2 heterocycles. The highest BCUT2D eigenvalue weighted by molar-refractivity contribution is 5.95. The summed E-state index contributed by atoms with van der Waals surface area (Å²) in [7, 11) is 0. The van der Waals surface area contributed by atoms with Crippen LogP contribution in [0.15, 0.2) is 76.3 Å². The molecule has 4 rings (SSSR count). The topological polar surface area (TPSA) is 97.1 Å². The Morgan fingerprint density at radius 3 is 2.55 bits per heavy atom. The van der Waals surface area contributed by atoms with Crippen LogP contribution in [0.3, 0.4) is 0 Å². The maximum Gasteiger partial charge on any atom is 0.251 e. The molecule has 33 heavy (non-hydrogen) atoms. The van der Waals surface area contributed by atoms with Crippen LogP contribution in [0.5, 0.6) is 11.5 Å². The minimum absolute atomic E-state index is 0.107. The van der Waals surface area contributed by atoms with Crippen LogP contribution in [0, 0.1) is 0 Å². The van der Waals surface area contributed by atoms with E-state index in [-0.39, 0.29) is 5.91 Å². The van der Waals surface area contributed by atoms with Crippen molar-refractivity contribution >= 4 is 17.6 Å². The average molecular weight is 449 g/mol. The van der Waals surface area contributed by atoms with E-state index < -0.39 is 0 Å². The van der Waals surface area contributed by atoms with E-state index in [4.69, 9.17) is 13.9 Å². The van der Waals surface area contributed by atoms with Crippen LogP contribution in [0.25, 0.3) is 0 Å². The van der Waals surface area contributed by atoms with Gasteiger partial charge in [0.25, 0.3) is 5.91 Å². The van der Waals surface area contributed by atoms with E-state index in [0.717, 1.165) is 23.6 Å². The number of hydrogen-bond donors (Lipinski definition) is 3. The number of amides is 1. The van der Waals surface area contributed by atoms with Crippen LogP contribution in [0.2, 0.25) is 0 Å². The molecule has 8 nitrogen and oxygen atoms in total. The largest absolute Gasteiger partial charge is 0.490 e. The number of fused-ring (bicyclic) bond motifs is 1. The van der Waals surface area contributed by atoms with E-state index in [0.29, 0.717) is 56.5 Å². The SMILES string of the molecule is O=C(NCCNC(=NCCc1ccco1)Nc1ccc2c(c1)OCCCO2)c1ccccc1. The van der Waals surface area contributed by atoms with Gasteiger partial charge in [0.2, 0.25) is 0 Å². The van der Waals surface area contributed by atoms with Crippen molar-refractivity contribution in [3.63, 3.8) is 0 Å². The number of benzene rings is 2. The summed E-state index contributed by atoms with van der Waals surface area (Å²) in [5.41, 5.74) is 1.46. The van der Waals surface area contributed by atoms with Crippen LogP contribution in [-0.4, -0.2) is 44.7 Å². The lowest BCUT2D eigenvalue weighted by Crippen LogP contribution is -2.38. The number of furan rings is 1. The molecular formula is C25H28N4O4. The molecule has 8 heteroatoms. The highest BCUT2D eigenvalue weighted by atomic mass is 16.5. The lowest BCUT2D eigenvalue weighted by Gasteiger charge is -2.15. The molecule has 2 aromatic carbocycles. The van der Waals surface area contributed by atoms with Crippen molar-refractivity contribution in [2.75, 3.05) is 38.2 Å². The molecule has 0 bridgehead atoms. The molecule has 0 fully saturated rings. The van der Waals surface area contributed by atoms with Crippen molar-refractivity contribution in [1.29, 1.82) is 0 Å². The smallest absolute Gasteiger partial charge is 0.251 e. The Morgan fingerprint density at radius 1 is 0.909 bits per heavy atom. The van der Waals surface area contributed by atoms with E-state index in [1.54, 1.807) is 18.4 Å². The van der Waals surface area contributed by atoms with Gasteiger partial charge in [-0.15, -0.1) is 0 Å². The second-order valence-corrected chi connectivity index (χ2v) is 7.45. The Bertz CT molecular complexity index is 1050. The molecule has 0 unspecified atom stereocenters. The number of carbonyl (C=O) groups excluding carboxylic acids is 1. The fourth-order valence-corrected chi connectivity index (χ4v) is 3.30. The zero-order chi connectivity index (χ0) is 22.7. The van der Waals surface area contributed by atoms with Gasteiger partial charge in [0.1, 0.15) is 5.76 Å². The average Bonchev–Trinajstić information content (AvgIpc) is 3.25. The molecule has 0 spiro atoms. The van der Waals surface area contributed by atoms with E-state index in [1.807, 2.05) is 48.5 Å². The van der Waals surface area contributed by atoms with Crippen molar-refractivity contribution in [3.05, 3.63) is 78.3 Å². The van der Waals surface area contributed by atoms with E-state index in [2.05, 4.69) is 20.9 Å². The zero-order valence-electron chi connectivity index (χ0n) is 18.4. The summed E-state index contributed by atoms with van der Waals surface area (Å²) in [4.78, 5) is 16.9. The van der Waals surface area contributed by atoms with Crippen LogP contribution in [-0.2, 0) is 6.42 Å². The number of nitrogens with one attached hydrogen (secondary N) is 3. The van der Waals surface area contributed by atoms with Crippen molar-refractivity contribution in [1.82, 2.24) is 10.6 Å². The molecule has 172 valence electrons. The molecule has 0 radical (unpaired) electrons. The summed E-state index contributed by atoms with van der Waals surface area (Å²) in [5, 5.41) is 9.49. The Kier molecular flexibility index (Phi) is 7.83. The number of guanidine groups is 1. The first-order valence-corrected chi connectivity index (χ1v) is 11.1. The van der Waals surface area contributed by atoms with Gasteiger partial charge in [-0.05, 0) is 36.4 Å². The molecule has 0 aliphatic carbocycles. The van der Waals surface area contributed by atoms with Crippen LogP contribution in [0.4, 0.5) is 5.69 Å². The highest BCUT2D eigenvalue weighted by Crippen LogP contribution is 2.32. The minimum Gasteiger partial charge on any atom is -0.490 e. The third kappa shape index (κ3) is 6.77. The van der Waals surface area contributed by atoms with Crippen molar-refractivity contribution in [3.8, 4) is 11.5 Å². The number of ether oxygens (including phenoxy) is 2. The Morgan fingerprint density at radius 2 is 1.73 bits per heavy atom. The monoisotopic (exact) mass is 448 g/mol. The van der Waals surface area contributed by atoms with E-state index >= 15 is 0 Å². The summed E-state index contributed by atoms with van der Waals surface area (Å²) < 4.78 is 16.9. The lowest BCUT2D eigenvalue weighted by molar-refractivity contribution is 0.0954. The maximum absolute atomic E-state index is 12.2. The van der Waals surface area contributed by atoms with Gasteiger partial charge in [-0.25, -0.2) is 0 Å². The third-order valence-electron chi connectivity index (χ3n) is 4.96. The Hall–Kier alpha value is -3.94. The van der Waals surface area contributed by atoms with Crippen LogP contribution >= 0.6 is 0 Å². The predicted molar refractivity (Wildman–Crippen MR) is 127 cm³/mol. The van der Waals surface area contributed by atoms with Gasteiger partial charge in [-0.1, -0.05) is 18.2 Å². The minimum atomic E-state index is -0.107. The molecule has 1 aromatic heterocycles. The van der Waals surface area contributed by atoms with Crippen molar-refractivity contribution < 1.29 is 18.7 Å². The molecule has 0 saturated carbocycles. The number of rotatable bonds is 8. The normalized spacial score (nSPS) is 13.2. The quantitative estimate of drug-likeness (QED) is 0.277. The van der Waals surface area contributed by atoms with Crippen LogP contribution < -0.4 is 25.4 Å². The molecular weight excluding hydrogens is 420 g/mol. The fraction of sp³-hybridized carbons (Fsp3) is 0.280. The molecule has 0 saturated heterocycles. The standard InChI is InChI=1S/C25H28N4O4/c30-24(19-6-2-1-3-7-19)26-13-14-28-25(27-12-11-21-8-4-15-31-21)29-20-9-10-22-23(18-20)33-17-5-16-32-22/h1-4,6-10,15,18H,5,11-14,16-17H2,(H,26,30)(H2,27,28,29). The van der Waals surface area contributed by atoms with Gasteiger partial charge in [-0.2, -0.15) is 0 Å². The fourth-order valence-electron chi connectivity index (χ4n) is 3.30. The molecule has 0 atom stereocenters. The summed E-state index contributed by atoms with van der Waals surface area (Å²) in [6.45, 7) is 2.78. The van der Waals surface area contributed by atoms with Gasteiger partial charge < -0.3 is 29.8 Å².